The molecule has 0 unspecified atom stereocenters. The van der Waals surface area contributed by atoms with Crippen molar-refractivity contribution in [3.8, 4) is 11.4 Å². The summed E-state index contributed by atoms with van der Waals surface area (Å²) < 4.78 is 0. The largest absolute Gasteiger partial charge is 0.254 e. The van der Waals surface area contributed by atoms with E-state index in [2.05, 4.69) is 206 Å². The highest BCUT2D eigenvalue weighted by Gasteiger charge is 2.40. The highest BCUT2D eigenvalue weighted by molar-refractivity contribution is 5.64. The molecule has 2 nitrogen and oxygen atoms in total. The third-order valence-electron chi connectivity index (χ3n) is 9.90. The fourth-order valence-corrected chi connectivity index (χ4v) is 7.66. The second kappa shape index (κ2) is 13.6. The summed E-state index contributed by atoms with van der Waals surface area (Å²) in [6.45, 7) is 0. The number of rotatable bonds is 9. The Balaban J connectivity index is 1.25. The fraction of sp³-hybridized carbons (Fsp3) is 0.0417. The molecule has 0 bridgehead atoms. The lowest BCUT2D eigenvalue weighted by atomic mass is 9.65. The van der Waals surface area contributed by atoms with E-state index in [1.807, 2.05) is 12.4 Å². The van der Waals surface area contributed by atoms with Crippen molar-refractivity contribution in [1.29, 1.82) is 0 Å². The van der Waals surface area contributed by atoms with Crippen molar-refractivity contribution in [1.82, 2.24) is 9.97 Å². The summed E-state index contributed by atoms with van der Waals surface area (Å²) in [5, 5.41) is 0. The van der Waals surface area contributed by atoms with Gasteiger partial charge >= 0.3 is 0 Å². The molecule has 0 saturated heterocycles. The predicted octanol–water partition coefficient (Wildman–Crippen LogP) is 10.9. The van der Waals surface area contributed by atoms with E-state index in [-0.39, 0.29) is 0 Å². The molecule has 2 aromatic heterocycles. The van der Waals surface area contributed by atoms with Crippen LogP contribution >= 0.6 is 0 Å². The Morgan fingerprint density at radius 3 is 0.620 bits per heavy atom. The molecule has 238 valence electrons. The molecule has 0 radical (unpaired) electrons. The van der Waals surface area contributed by atoms with Gasteiger partial charge < -0.3 is 0 Å². The molecule has 2 heterocycles. The van der Waals surface area contributed by atoms with E-state index in [1.165, 1.54) is 33.4 Å². The van der Waals surface area contributed by atoms with Gasteiger partial charge in [-0.1, -0.05) is 194 Å². The number of benzene rings is 6. The zero-order valence-electron chi connectivity index (χ0n) is 27.7. The van der Waals surface area contributed by atoms with E-state index in [4.69, 9.17) is 9.97 Å². The predicted molar refractivity (Wildman–Crippen MR) is 204 cm³/mol. The van der Waals surface area contributed by atoms with Crippen molar-refractivity contribution < 1.29 is 0 Å². The fourth-order valence-electron chi connectivity index (χ4n) is 7.66. The first-order valence-corrected chi connectivity index (χ1v) is 17.1. The van der Waals surface area contributed by atoms with Gasteiger partial charge in [-0.15, -0.1) is 0 Å². The minimum Gasteiger partial charge on any atom is -0.254 e. The average Bonchev–Trinajstić information content (AvgIpc) is 3.22. The molecule has 0 fully saturated rings. The topological polar surface area (TPSA) is 25.8 Å². The van der Waals surface area contributed by atoms with E-state index in [0.29, 0.717) is 0 Å². The molecule has 6 aromatic carbocycles. The summed E-state index contributed by atoms with van der Waals surface area (Å²) in [5.74, 6) is 0. The third-order valence-corrected chi connectivity index (χ3v) is 9.90. The summed E-state index contributed by atoms with van der Waals surface area (Å²) in [6, 6.07) is 73.0. The summed E-state index contributed by atoms with van der Waals surface area (Å²) in [5.41, 5.74) is 9.88. The van der Waals surface area contributed by atoms with Crippen molar-refractivity contribution in [3.05, 3.63) is 263 Å². The maximum absolute atomic E-state index is 5.10. The van der Waals surface area contributed by atoms with Crippen LogP contribution in [0.2, 0.25) is 0 Å². The normalized spacial score (nSPS) is 11.6. The van der Waals surface area contributed by atoms with Crippen LogP contribution in [0.4, 0.5) is 0 Å². The zero-order valence-corrected chi connectivity index (χ0v) is 27.7. The SMILES string of the molecule is c1ccc(C(c2ccccc2)(c2ccccc2)c2ccc(-c3ccc(C(c4ccccc4)(c4ccccc4)c4ccccc4)cn3)nc2)cc1. The molecule has 2 heteroatoms. The van der Waals surface area contributed by atoms with Crippen LogP contribution in [-0.4, -0.2) is 9.97 Å². The molecular formula is C48H36N2. The van der Waals surface area contributed by atoms with E-state index in [1.54, 1.807) is 0 Å². The van der Waals surface area contributed by atoms with E-state index in [9.17, 15) is 0 Å². The molecule has 0 amide bonds. The Bertz CT molecular complexity index is 1890. The minimum absolute atomic E-state index is 0.548. The van der Waals surface area contributed by atoms with Crippen LogP contribution in [0.5, 0.6) is 0 Å². The number of pyridine rings is 2. The Morgan fingerprint density at radius 2 is 0.440 bits per heavy atom. The van der Waals surface area contributed by atoms with Crippen LogP contribution in [0.1, 0.15) is 44.5 Å². The molecule has 0 aliphatic carbocycles. The second-order valence-corrected chi connectivity index (χ2v) is 12.6. The first-order valence-electron chi connectivity index (χ1n) is 17.1. The first-order chi connectivity index (χ1) is 24.8. The lowest BCUT2D eigenvalue weighted by Gasteiger charge is -2.36. The van der Waals surface area contributed by atoms with Gasteiger partial charge in [0.1, 0.15) is 0 Å². The van der Waals surface area contributed by atoms with Crippen molar-refractivity contribution in [2.75, 3.05) is 0 Å². The van der Waals surface area contributed by atoms with Gasteiger partial charge in [-0.25, -0.2) is 0 Å². The Hall–Kier alpha value is -6.38. The lowest BCUT2D eigenvalue weighted by Crippen LogP contribution is -2.31. The van der Waals surface area contributed by atoms with Crippen molar-refractivity contribution in [2.24, 2.45) is 0 Å². The average molecular weight is 641 g/mol. The van der Waals surface area contributed by atoms with Gasteiger partial charge in [0.05, 0.1) is 22.2 Å². The maximum Gasteiger partial charge on any atom is 0.0886 e. The van der Waals surface area contributed by atoms with Gasteiger partial charge in [-0.3, -0.25) is 9.97 Å². The molecule has 0 saturated carbocycles. The van der Waals surface area contributed by atoms with Crippen LogP contribution < -0.4 is 0 Å². The summed E-state index contributed by atoms with van der Waals surface area (Å²) in [4.78, 5) is 10.2. The summed E-state index contributed by atoms with van der Waals surface area (Å²) >= 11 is 0. The number of hydrogen-bond donors (Lipinski definition) is 0. The lowest BCUT2D eigenvalue weighted by molar-refractivity contribution is 0.739. The standard InChI is InChI=1S/C48H36N2/c1-7-19-37(20-8-1)47(38-21-9-2-10-22-38,39-23-11-3-12-24-39)43-31-33-45(49-35-43)46-34-32-44(36-50-46)48(40-25-13-4-14-26-40,41-27-15-5-16-28-41)42-29-17-6-18-30-42/h1-36H. The summed E-state index contributed by atoms with van der Waals surface area (Å²) in [7, 11) is 0. The molecule has 0 atom stereocenters. The minimum atomic E-state index is -0.548. The van der Waals surface area contributed by atoms with Crippen LogP contribution in [0.25, 0.3) is 11.4 Å². The van der Waals surface area contributed by atoms with Crippen LogP contribution in [0.15, 0.2) is 219 Å². The Kier molecular flexibility index (Phi) is 8.42. The van der Waals surface area contributed by atoms with Gasteiger partial charge in [-0.2, -0.15) is 0 Å². The molecule has 50 heavy (non-hydrogen) atoms. The molecule has 8 rings (SSSR count). The van der Waals surface area contributed by atoms with Crippen molar-refractivity contribution in [3.63, 3.8) is 0 Å². The maximum atomic E-state index is 5.10. The molecule has 0 N–H and O–H groups in total. The van der Waals surface area contributed by atoms with Crippen LogP contribution in [0.3, 0.4) is 0 Å². The van der Waals surface area contributed by atoms with Gasteiger partial charge in [0.25, 0.3) is 0 Å². The third kappa shape index (κ3) is 5.32. The van der Waals surface area contributed by atoms with Crippen molar-refractivity contribution >= 4 is 0 Å². The monoisotopic (exact) mass is 640 g/mol. The van der Waals surface area contributed by atoms with Crippen LogP contribution in [0, 0.1) is 0 Å². The first kappa shape index (κ1) is 30.9. The zero-order chi connectivity index (χ0) is 33.6. The van der Waals surface area contributed by atoms with Crippen LogP contribution in [-0.2, 0) is 10.8 Å². The highest BCUT2D eigenvalue weighted by Crippen LogP contribution is 2.46. The van der Waals surface area contributed by atoms with E-state index in [0.717, 1.165) is 22.5 Å². The van der Waals surface area contributed by atoms with E-state index < -0.39 is 10.8 Å². The highest BCUT2D eigenvalue weighted by atomic mass is 14.8. The Morgan fingerprint density at radius 1 is 0.220 bits per heavy atom. The van der Waals surface area contributed by atoms with Gasteiger partial charge in [0, 0.05) is 12.4 Å². The van der Waals surface area contributed by atoms with Gasteiger partial charge in [-0.05, 0) is 56.6 Å². The molecule has 8 aromatic rings. The quantitative estimate of drug-likeness (QED) is 0.147. The van der Waals surface area contributed by atoms with Gasteiger partial charge in [0.2, 0.25) is 0 Å². The van der Waals surface area contributed by atoms with Gasteiger partial charge in [0.15, 0.2) is 0 Å². The Labute approximate surface area is 294 Å². The smallest absolute Gasteiger partial charge is 0.0886 e. The second-order valence-electron chi connectivity index (χ2n) is 12.6. The molecular weight excluding hydrogens is 605 g/mol. The summed E-state index contributed by atoms with van der Waals surface area (Å²) in [6.07, 6.45) is 4.06. The molecule has 0 spiro atoms. The number of nitrogens with zero attached hydrogens (tertiary/aromatic N) is 2. The number of hydrogen-bond acceptors (Lipinski definition) is 2. The molecule has 0 aliphatic heterocycles. The van der Waals surface area contributed by atoms with Crippen molar-refractivity contribution in [2.45, 2.75) is 10.8 Å². The number of aromatic nitrogens is 2. The molecule has 0 aliphatic rings. The van der Waals surface area contributed by atoms with E-state index >= 15 is 0 Å².